The zero-order valence-electron chi connectivity index (χ0n) is 10.6. The lowest BCUT2D eigenvalue weighted by molar-refractivity contribution is -0.197. The van der Waals surface area contributed by atoms with Gasteiger partial charge in [-0.05, 0) is 18.8 Å². The van der Waals surface area contributed by atoms with Gasteiger partial charge in [-0.1, -0.05) is 12.8 Å². The van der Waals surface area contributed by atoms with Crippen LogP contribution in [0, 0.1) is 5.92 Å². The summed E-state index contributed by atoms with van der Waals surface area (Å²) in [6.45, 7) is 0.540. The van der Waals surface area contributed by atoms with Crippen molar-refractivity contribution < 1.29 is 19.0 Å². The molecule has 0 bridgehead atoms. The number of methoxy groups -OCH3 is 2. The summed E-state index contributed by atoms with van der Waals surface area (Å²) in [6, 6.07) is 0.165. The van der Waals surface area contributed by atoms with Gasteiger partial charge >= 0.3 is 0 Å². The molecule has 5 nitrogen and oxygen atoms in total. The molecule has 2 atom stereocenters. The number of ether oxygens (including phenoxy) is 3. The van der Waals surface area contributed by atoms with Crippen molar-refractivity contribution in [1.82, 2.24) is 4.90 Å². The number of hydrogen-bond acceptors (Lipinski definition) is 4. The first-order chi connectivity index (χ1) is 8.27. The average Bonchev–Trinajstić information content (AvgIpc) is 3.14. The molecule has 0 N–H and O–H groups in total. The second kappa shape index (κ2) is 5.80. The highest BCUT2D eigenvalue weighted by Crippen LogP contribution is 2.37. The van der Waals surface area contributed by atoms with Gasteiger partial charge in [-0.25, -0.2) is 0 Å². The van der Waals surface area contributed by atoms with Crippen LogP contribution in [0.3, 0.4) is 0 Å². The topological polar surface area (TPSA) is 48.0 Å². The molecule has 1 aliphatic carbocycles. The summed E-state index contributed by atoms with van der Waals surface area (Å²) < 4.78 is 15.3. The van der Waals surface area contributed by atoms with Gasteiger partial charge in [0.25, 0.3) is 5.91 Å². The number of β-lactam (4-membered cyclic amide) rings is 1. The Hall–Kier alpha value is -0.650. The summed E-state index contributed by atoms with van der Waals surface area (Å²) in [4.78, 5) is 13.5. The largest absolute Gasteiger partial charge is 0.364 e. The van der Waals surface area contributed by atoms with Crippen LogP contribution >= 0.6 is 0 Å². The number of rotatable bonds is 8. The van der Waals surface area contributed by atoms with Crippen LogP contribution in [0.5, 0.6) is 0 Å². The SMILES string of the molecule is COCO[C@H]1C(=O)N(COC)[C@H]1CCC1CC1. The maximum absolute atomic E-state index is 11.8. The molecule has 1 amide bonds. The highest BCUT2D eigenvalue weighted by Gasteiger charge is 2.48. The van der Waals surface area contributed by atoms with E-state index in [1.165, 1.54) is 19.3 Å². The van der Waals surface area contributed by atoms with Gasteiger partial charge in [-0.2, -0.15) is 0 Å². The first-order valence-corrected chi connectivity index (χ1v) is 6.18. The molecule has 1 saturated heterocycles. The Balaban J connectivity index is 1.82. The summed E-state index contributed by atoms with van der Waals surface area (Å²) in [5.41, 5.74) is 0. The zero-order valence-corrected chi connectivity index (χ0v) is 10.6. The summed E-state index contributed by atoms with van der Waals surface area (Å²) >= 11 is 0. The Morgan fingerprint density at radius 1 is 1.24 bits per heavy atom. The fourth-order valence-electron chi connectivity index (χ4n) is 2.32. The fraction of sp³-hybridized carbons (Fsp3) is 0.917. The molecule has 0 aromatic carbocycles. The number of hydrogen-bond donors (Lipinski definition) is 0. The minimum Gasteiger partial charge on any atom is -0.364 e. The Morgan fingerprint density at radius 3 is 2.59 bits per heavy atom. The van der Waals surface area contributed by atoms with Crippen LogP contribution in [0.15, 0.2) is 0 Å². The molecular weight excluding hydrogens is 222 g/mol. The smallest absolute Gasteiger partial charge is 0.256 e. The van der Waals surface area contributed by atoms with Crippen molar-refractivity contribution in [2.24, 2.45) is 5.92 Å². The van der Waals surface area contributed by atoms with Crippen molar-refractivity contribution in [1.29, 1.82) is 0 Å². The van der Waals surface area contributed by atoms with E-state index in [9.17, 15) is 4.79 Å². The van der Waals surface area contributed by atoms with Crippen molar-refractivity contribution in [2.45, 2.75) is 37.8 Å². The second-order valence-electron chi connectivity index (χ2n) is 4.81. The molecule has 17 heavy (non-hydrogen) atoms. The number of nitrogens with zero attached hydrogens (tertiary/aromatic N) is 1. The Bertz CT molecular complexity index is 267. The monoisotopic (exact) mass is 243 g/mol. The zero-order chi connectivity index (χ0) is 12.3. The van der Waals surface area contributed by atoms with Gasteiger partial charge in [0.15, 0.2) is 6.10 Å². The molecule has 5 heteroatoms. The van der Waals surface area contributed by atoms with Gasteiger partial charge in [-0.15, -0.1) is 0 Å². The van der Waals surface area contributed by atoms with Crippen LogP contribution < -0.4 is 0 Å². The van der Waals surface area contributed by atoms with Crippen molar-refractivity contribution >= 4 is 5.91 Å². The fourth-order valence-corrected chi connectivity index (χ4v) is 2.32. The maximum Gasteiger partial charge on any atom is 0.256 e. The molecule has 2 fully saturated rings. The quantitative estimate of drug-likeness (QED) is 0.471. The normalized spacial score (nSPS) is 28.4. The predicted octanol–water partition coefficient (Wildman–Crippen LogP) is 0.980. The van der Waals surface area contributed by atoms with E-state index < -0.39 is 0 Å². The van der Waals surface area contributed by atoms with Gasteiger partial charge < -0.3 is 19.1 Å². The highest BCUT2D eigenvalue weighted by molar-refractivity contribution is 5.88. The van der Waals surface area contributed by atoms with Crippen molar-refractivity contribution in [2.75, 3.05) is 27.7 Å². The van der Waals surface area contributed by atoms with E-state index in [0.29, 0.717) is 6.73 Å². The third-order valence-corrected chi connectivity index (χ3v) is 3.48. The van der Waals surface area contributed by atoms with E-state index in [4.69, 9.17) is 14.2 Å². The molecule has 0 spiro atoms. The van der Waals surface area contributed by atoms with Crippen LogP contribution in [0.4, 0.5) is 0 Å². The molecule has 2 rings (SSSR count). The summed E-state index contributed by atoms with van der Waals surface area (Å²) in [5, 5.41) is 0. The average molecular weight is 243 g/mol. The van der Waals surface area contributed by atoms with E-state index in [1.807, 2.05) is 0 Å². The van der Waals surface area contributed by atoms with E-state index in [1.54, 1.807) is 19.1 Å². The van der Waals surface area contributed by atoms with Crippen molar-refractivity contribution in [3.05, 3.63) is 0 Å². The van der Waals surface area contributed by atoms with Gasteiger partial charge in [0.2, 0.25) is 0 Å². The molecule has 2 aliphatic rings. The third-order valence-electron chi connectivity index (χ3n) is 3.48. The van der Waals surface area contributed by atoms with Crippen molar-refractivity contribution in [3.8, 4) is 0 Å². The Kier molecular flexibility index (Phi) is 4.36. The van der Waals surface area contributed by atoms with Crippen LogP contribution in [0.1, 0.15) is 25.7 Å². The first-order valence-electron chi connectivity index (χ1n) is 6.18. The lowest BCUT2D eigenvalue weighted by Gasteiger charge is -2.46. The summed E-state index contributed by atoms with van der Waals surface area (Å²) in [7, 11) is 3.17. The van der Waals surface area contributed by atoms with Crippen LogP contribution in [0.2, 0.25) is 0 Å². The van der Waals surface area contributed by atoms with E-state index in [0.717, 1.165) is 12.3 Å². The lowest BCUT2D eigenvalue weighted by atomic mass is 9.93. The molecule has 0 aromatic heterocycles. The standard InChI is InChI=1S/C12H21NO4/c1-15-7-13-10(6-5-9-3-4-9)11(12(13)14)17-8-16-2/h9-11H,3-8H2,1-2H3/t10-,11+/m0/s1. The number of carbonyl (C=O) groups is 1. The minimum atomic E-state index is -0.330. The molecule has 1 heterocycles. The minimum absolute atomic E-state index is 0.0182. The Morgan fingerprint density at radius 2 is 2.00 bits per heavy atom. The summed E-state index contributed by atoms with van der Waals surface area (Å²) in [6.07, 6.45) is 4.55. The number of amides is 1. The van der Waals surface area contributed by atoms with Gasteiger partial charge in [-0.3, -0.25) is 4.79 Å². The molecule has 0 unspecified atom stereocenters. The number of carbonyl (C=O) groups excluding carboxylic acids is 1. The van der Waals surface area contributed by atoms with Crippen LogP contribution in [0.25, 0.3) is 0 Å². The van der Waals surface area contributed by atoms with E-state index >= 15 is 0 Å². The maximum atomic E-state index is 11.8. The predicted molar refractivity (Wildman–Crippen MR) is 61.2 cm³/mol. The van der Waals surface area contributed by atoms with E-state index in [-0.39, 0.29) is 24.8 Å². The second-order valence-corrected chi connectivity index (χ2v) is 4.81. The molecular formula is C12H21NO4. The molecule has 1 saturated carbocycles. The summed E-state index contributed by atoms with van der Waals surface area (Å²) in [5.74, 6) is 0.892. The van der Waals surface area contributed by atoms with Gasteiger partial charge in [0, 0.05) is 14.2 Å². The van der Waals surface area contributed by atoms with Crippen LogP contribution in [-0.4, -0.2) is 50.7 Å². The molecule has 0 radical (unpaired) electrons. The van der Waals surface area contributed by atoms with Crippen LogP contribution in [-0.2, 0) is 19.0 Å². The Labute approximate surface area is 102 Å². The lowest BCUT2D eigenvalue weighted by Crippen LogP contribution is -2.66. The molecule has 98 valence electrons. The van der Waals surface area contributed by atoms with Gasteiger partial charge in [0.05, 0.1) is 6.04 Å². The first kappa shape index (κ1) is 12.8. The third kappa shape index (κ3) is 2.97. The van der Waals surface area contributed by atoms with E-state index in [2.05, 4.69) is 0 Å². The van der Waals surface area contributed by atoms with Crippen molar-refractivity contribution in [3.63, 3.8) is 0 Å². The molecule has 0 aromatic rings. The van der Waals surface area contributed by atoms with Gasteiger partial charge in [0.1, 0.15) is 13.5 Å². The highest BCUT2D eigenvalue weighted by atomic mass is 16.7. The molecule has 1 aliphatic heterocycles. The number of likely N-dealkylation sites (tertiary alicyclic amines) is 1.